The second-order valence-electron chi connectivity index (χ2n) is 7.07. The molecule has 0 atom stereocenters. The summed E-state index contributed by atoms with van der Waals surface area (Å²) in [6.45, 7) is 4.55. The standard InChI is InChI=1S/C22H19N5O4/c1-13-18(22(28)24-16-5-8-19-20(11-16)30-10-9-29-19)12-27(25-13)17-6-3-15(4-7-17)21-23-14(2)31-26-21/h3-8,11-12H,9-10H2,1-2H3,(H,24,28). The topological polar surface area (TPSA) is 104 Å². The lowest BCUT2D eigenvalue weighted by Crippen LogP contribution is -2.16. The number of nitrogens with one attached hydrogen (secondary N) is 1. The first-order chi connectivity index (χ1) is 15.1. The molecule has 1 amide bonds. The van der Waals surface area contributed by atoms with Crippen LogP contribution in [0.5, 0.6) is 11.5 Å². The van der Waals surface area contributed by atoms with Crippen LogP contribution < -0.4 is 14.8 Å². The molecule has 1 aliphatic rings. The van der Waals surface area contributed by atoms with Crippen molar-refractivity contribution in [3.63, 3.8) is 0 Å². The number of fused-ring (bicyclic) bond motifs is 1. The molecule has 9 heteroatoms. The zero-order valence-electron chi connectivity index (χ0n) is 17.0. The average molecular weight is 417 g/mol. The van der Waals surface area contributed by atoms with Crippen LogP contribution in [0.15, 0.2) is 53.2 Å². The van der Waals surface area contributed by atoms with Gasteiger partial charge in [-0.25, -0.2) is 4.68 Å². The van der Waals surface area contributed by atoms with Gasteiger partial charge in [0.2, 0.25) is 11.7 Å². The number of anilines is 1. The highest BCUT2D eigenvalue weighted by Gasteiger charge is 2.17. The summed E-state index contributed by atoms with van der Waals surface area (Å²) in [7, 11) is 0. The third-order valence-electron chi connectivity index (χ3n) is 4.86. The van der Waals surface area contributed by atoms with Crippen molar-refractivity contribution in [3.8, 4) is 28.6 Å². The second kappa shape index (κ2) is 7.60. The molecule has 2 aromatic heterocycles. The number of rotatable bonds is 4. The molecule has 1 aliphatic heterocycles. The molecule has 3 heterocycles. The van der Waals surface area contributed by atoms with Crippen LogP contribution in [-0.4, -0.2) is 39.0 Å². The summed E-state index contributed by atoms with van der Waals surface area (Å²) in [6, 6.07) is 12.9. The number of amides is 1. The van der Waals surface area contributed by atoms with Crippen molar-refractivity contribution in [1.82, 2.24) is 19.9 Å². The van der Waals surface area contributed by atoms with Crippen LogP contribution >= 0.6 is 0 Å². The molecule has 0 spiro atoms. The molecule has 9 nitrogen and oxygen atoms in total. The quantitative estimate of drug-likeness (QED) is 0.541. The Morgan fingerprint density at radius 2 is 1.81 bits per heavy atom. The number of nitrogens with zero attached hydrogens (tertiary/aromatic N) is 4. The van der Waals surface area contributed by atoms with Crippen molar-refractivity contribution >= 4 is 11.6 Å². The number of hydrogen-bond donors (Lipinski definition) is 1. The molecular formula is C22H19N5O4. The Bertz CT molecular complexity index is 1260. The van der Waals surface area contributed by atoms with Gasteiger partial charge in [-0.15, -0.1) is 0 Å². The fraction of sp³-hybridized carbons (Fsp3) is 0.182. The number of carbonyl (C=O) groups excluding carboxylic acids is 1. The van der Waals surface area contributed by atoms with Crippen LogP contribution in [0.4, 0.5) is 5.69 Å². The number of aromatic nitrogens is 4. The van der Waals surface area contributed by atoms with E-state index in [2.05, 4.69) is 20.6 Å². The van der Waals surface area contributed by atoms with E-state index in [9.17, 15) is 4.79 Å². The predicted octanol–water partition coefficient (Wildman–Crippen LogP) is 3.56. The fourth-order valence-electron chi connectivity index (χ4n) is 3.31. The number of ether oxygens (including phenoxy) is 2. The van der Waals surface area contributed by atoms with Crippen molar-refractivity contribution in [2.45, 2.75) is 13.8 Å². The van der Waals surface area contributed by atoms with Gasteiger partial charge in [0.25, 0.3) is 5.91 Å². The molecule has 0 saturated carbocycles. The largest absolute Gasteiger partial charge is 0.486 e. The normalized spacial score (nSPS) is 12.6. The van der Waals surface area contributed by atoms with Gasteiger partial charge in [-0.1, -0.05) is 5.16 Å². The Morgan fingerprint density at radius 3 is 2.55 bits per heavy atom. The molecule has 0 fully saturated rings. The summed E-state index contributed by atoms with van der Waals surface area (Å²) < 4.78 is 17.8. The van der Waals surface area contributed by atoms with Gasteiger partial charge in [0.15, 0.2) is 11.5 Å². The molecule has 0 radical (unpaired) electrons. The molecule has 2 aromatic carbocycles. The van der Waals surface area contributed by atoms with Crippen LogP contribution in [0, 0.1) is 13.8 Å². The highest BCUT2D eigenvalue weighted by atomic mass is 16.6. The van der Waals surface area contributed by atoms with Crippen LogP contribution in [0.3, 0.4) is 0 Å². The van der Waals surface area contributed by atoms with Gasteiger partial charge in [-0.2, -0.15) is 10.1 Å². The Labute approximate surface area is 177 Å². The Balaban J connectivity index is 1.35. The van der Waals surface area contributed by atoms with Crippen molar-refractivity contribution in [3.05, 3.63) is 65.8 Å². The van der Waals surface area contributed by atoms with Gasteiger partial charge in [0.05, 0.1) is 16.9 Å². The number of benzene rings is 2. The zero-order valence-corrected chi connectivity index (χ0v) is 17.0. The first kappa shape index (κ1) is 18.9. The number of aryl methyl sites for hydroxylation is 2. The Morgan fingerprint density at radius 1 is 1.03 bits per heavy atom. The second-order valence-corrected chi connectivity index (χ2v) is 7.07. The third kappa shape index (κ3) is 3.73. The lowest BCUT2D eigenvalue weighted by molar-refractivity contribution is 0.102. The highest BCUT2D eigenvalue weighted by Crippen LogP contribution is 2.32. The van der Waals surface area contributed by atoms with Crippen molar-refractivity contribution in [2.24, 2.45) is 0 Å². The lowest BCUT2D eigenvalue weighted by Gasteiger charge is -2.18. The van der Waals surface area contributed by atoms with Crippen molar-refractivity contribution < 1.29 is 18.8 Å². The monoisotopic (exact) mass is 417 g/mol. The van der Waals surface area contributed by atoms with E-state index in [-0.39, 0.29) is 5.91 Å². The summed E-state index contributed by atoms with van der Waals surface area (Å²) >= 11 is 0. The van der Waals surface area contributed by atoms with E-state index in [1.807, 2.05) is 24.3 Å². The van der Waals surface area contributed by atoms with Gasteiger partial charge in [0, 0.05) is 30.4 Å². The number of carbonyl (C=O) groups is 1. The summed E-state index contributed by atoms with van der Waals surface area (Å²) in [5.41, 5.74) is 3.37. The van der Waals surface area contributed by atoms with E-state index in [4.69, 9.17) is 14.0 Å². The highest BCUT2D eigenvalue weighted by molar-refractivity contribution is 6.05. The molecule has 0 aliphatic carbocycles. The van der Waals surface area contributed by atoms with E-state index in [0.717, 1.165) is 11.3 Å². The summed E-state index contributed by atoms with van der Waals surface area (Å²) in [6.07, 6.45) is 1.70. The molecule has 0 saturated heterocycles. The maximum absolute atomic E-state index is 12.8. The summed E-state index contributed by atoms with van der Waals surface area (Å²) in [5, 5.41) is 11.3. The van der Waals surface area contributed by atoms with Gasteiger partial charge >= 0.3 is 0 Å². The van der Waals surface area contributed by atoms with Crippen LogP contribution in [0.1, 0.15) is 21.9 Å². The molecule has 31 heavy (non-hydrogen) atoms. The van der Waals surface area contributed by atoms with Crippen LogP contribution in [-0.2, 0) is 0 Å². The Hall–Kier alpha value is -4.14. The molecule has 156 valence electrons. The van der Waals surface area contributed by atoms with Crippen LogP contribution in [0.25, 0.3) is 17.1 Å². The zero-order chi connectivity index (χ0) is 21.4. The first-order valence-corrected chi connectivity index (χ1v) is 9.75. The molecule has 5 rings (SSSR count). The van der Waals surface area contributed by atoms with E-state index in [1.165, 1.54) is 0 Å². The molecule has 0 bridgehead atoms. The van der Waals surface area contributed by atoms with Crippen molar-refractivity contribution in [2.75, 3.05) is 18.5 Å². The smallest absolute Gasteiger partial charge is 0.259 e. The van der Waals surface area contributed by atoms with Crippen molar-refractivity contribution in [1.29, 1.82) is 0 Å². The van der Waals surface area contributed by atoms with E-state index < -0.39 is 0 Å². The third-order valence-corrected chi connectivity index (χ3v) is 4.86. The summed E-state index contributed by atoms with van der Waals surface area (Å²) in [5.74, 6) is 2.08. The minimum absolute atomic E-state index is 0.251. The molecule has 1 N–H and O–H groups in total. The van der Waals surface area contributed by atoms with Gasteiger partial charge in [0.1, 0.15) is 13.2 Å². The lowest BCUT2D eigenvalue weighted by atomic mass is 10.2. The fourth-order valence-corrected chi connectivity index (χ4v) is 3.31. The van der Waals surface area contributed by atoms with Crippen LogP contribution in [0.2, 0.25) is 0 Å². The van der Waals surface area contributed by atoms with Gasteiger partial charge in [-0.05, 0) is 43.3 Å². The number of hydrogen-bond acceptors (Lipinski definition) is 7. The van der Waals surface area contributed by atoms with Gasteiger partial charge in [-0.3, -0.25) is 4.79 Å². The minimum atomic E-state index is -0.251. The minimum Gasteiger partial charge on any atom is -0.486 e. The van der Waals surface area contributed by atoms with E-state index in [1.54, 1.807) is 42.9 Å². The summed E-state index contributed by atoms with van der Waals surface area (Å²) in [4.78, 5) is 17.0. The van der Waals surface area contributed by atoms with E-state index in [0.29, 0.717) is 53.4 Å². The van der Waals surface area contributed by atoms with E-state index >= 15 is 0 Å². The molecule has 4 aromatic rings. The average Bonchev–Trinajstić information content (AvgIpc) is 3.39. The Kier molecular flexibility index (Phi) is 4.62. The maximum atomic E-state index is 12.8. The maximum Gasteiger partial charge on any atom is 0.259 e. The molecule has 0 unspecified atom stereocenters. The first-order valence-electron chi connectivity index (χ1n) is 9.75. The predicted molar refractivity (Wildman–Crippen MR) is 112 cm³/mol. The van der Waals surface area contributed by atoms with Gasteiger partial charge < -0.3 is 19.3 Å². The molecular weight excluding hydrogens is 398 g/mol. The SMILES string of the molecule is Cc1nc(-c2ccc(-n3cc(C(=O)Nc4ccc5c(c4)OCCO5)c(C)n3)cc2)no1.